The highest BCUT2D eigenvalue weighted by molar-refractivity contribution is 6.01. The van der Waals surface area contributed by atoms with Crippen LogP contribution in [0.25, 0.3) is 0 Å². The lowest BCUT2D eigenvalue weighted by Crippen LogP contribution is -2.61. The van der Waals surface area contributed by atoms with Gasteiger partial charge in [0, 0.05) is 16.7 Å². The van der Waals surface area contributed by atoms with Crippen molar-refractivity contribution in [2.24, 2.45) is 28.6 Å². The van der Waals surface area contributed by atoms with Gasteiger partial charge in [0.15, 0.2) is 11.4 Å². The number of rotatable bonds is 1. The Hall–Kier alpha value is -1.46. The number of aliphatic hydroxyl groups excluding tert-OH is 1. The summed E-state index contributed by atoms with van der Waals surface area (Å²) >= 11 is 0. The Morgan fingerprint density at radius 2 is 2.00 bits per heavy atom. The van der Waals surface area contributed by atoms with E-state index in [1.807, 2.05) is 13.0 Å². The van der Waals surface area contributed by atoms with Gasteiger partial charge in [-0.05, 0) is 56.1 Å². The van der Waals surface area contributed by atoms with E-state index in [9.17, 15) is 24.9 Å². The molecule has 0 aromatic rings. The van der Waals surface area contributed by atoms with E-state index >= 15 is 0 Å². The highest BCUT2D eigenvalue weighted by Gasteiger charge is 2.68. The zero-order valence-corrected chi connectivity index (χ0v) is 14.7. The predicted octanol–water partition coefficient (Wildman–Crippen LogP) is 2.08. The minimum Gasteiger partial charge on any atom is -0.479 e. The quantitative estimate of drug-likeness (QED) is 0.676. The molecule has 4 aliphatic carbocycles. The molecule has 3 N–H and O–H groups in total. The Balaban J connectivity index is 1.76. The summed E-state index contributed by atoms with van der Waals surface area (Å²) in [5.41, 5.74) is -1.86. The van der Waals surface area contributed by atoms with Gasteiger partial charge in [0.2, 0.25) is 0 Å². The van der Waals surface area contributed by atoms with Crippen LogP contribution < -0.4 is 0 Å². The van der Waals surface area contributed by atoms with Crippen LogP contribution in [0.1, 0.15) is 46.0 Å². The Bertz CT molecular complexity index is 709. The van der Waals surface area contributed by atoms with E-state index in [0.29, 0.717) is 6.42 Å². The first kappa shape index (κ1) is 17.0. The first-order chi connectivity index (χ1) is 11.6. The standard InChI is InChI=1S/C20H26O5/c1-18-7-5-12(21)9-11(18)3-4-13-14-6-8-20(25,17(23)24)19(14,2)10-15(22)16(13)18/h5,7,9,13-16,22,25H,3-4,6,8,10H2,1-2H3,(H,23,24)/t13?,14?,15-,16?,18-,19+,20+/m0/s1. The maximum absolute atomic E-state index is 11.8. The van der Waals surface area contributed by atoms with Gasteiger partial charge in [-0.15, -0.1) is 0 Å². The van der Waals surface area contributed by atoms with Gasteiger partial charge in [-0.3, -0.25) is 4.79 Å². The number of fused-ring (bicyclic) bond motifs is 5. The fourth-order valence-corrected chi connectivity index (χ4v) is 6.68. The number of carbonyl (C=O) groups excluding carboxylic acids is 1. The lowest BCUT2D eigenvalue weighted by molar-refractivity contribution is -0.192. The van der Waals surface area contributed by atoms with Gasteiger partial charge in [-0.25, -0.2) is 4.79 Å². The zero-order chi connectivity index (χ0) is 18.2. The zero-order valence-electron chi connectivity index (χ0n) is 14.7. The molecule has 5 heteroatoms. The topological polar surface area (TPSA) is 94.8 Å². The van der Waals surface area contributed by atoms with Crippen LogP contribution >= 0.6 is 0 Å². The summed E-state index contributed by atoms with van der Waals surface area (Å²) in [6, 6.07) is 0. The van der Waals surface area contributed by atoms with Gasteiger partial charge < -0.3 is 15.3 Å². The van der Waals surface area contributed by atoms with Crippen molar-refractivity contribution in [3.05, 3.63) is 23.8 Å². The summed E-state index contributed by atoms with van der Waals surface area (Å²) in [6.07, 6.45) is 7.37. The number of carboxylic acid groups (broad SMARTS) is 1. The van der Waals surface area contributed by atoms with E-state index in [0.717, 1.165) is 18.4 Å². The van der Waals surface area contributed by atoms with Crippen LogP contribution in [0.15, 0.2) is 23.8 Å². The van der Waals surface area contributed by atoms with Crippen molar-refractivity contribution in [1.29, 1.82) is 0 Å². The average Bonchev–Trinajstić information content (AvgIpc) is 2.80. The first-order valence-electron chi connectivity index (χ1n) is 9.21. The molecule has 3 unspecified atom stereocenters. The Kier molecular flexibility index (Phi) is 3.42. The third-order valence-electron chi connectivity index (χ3n) is 8.00. The van der Waals surface area contributed by atoms with Crippen molar-refractivity contribution in [1.82, 2.24) is 0 Å². The van der Waals surface area contributed by atoms with Crippen LogP contribution in [-0.4, -0.2) is 38.8 Å². The Morgan fingerprint density at radius 3 is 2.68 bits per heavy atom. The summed E-state index contributed by atoms with van der Waals surface area (Å²) in [4.78, 5) is 23.6. The number of carboxylic acids is 1. The second-order valence-electron chi connectivity index (χ2n) is 8.92. The fraction of sp³-hybridized carbons (Fsp3) is 0.700. The molecule has 25 heavy (non-hydrogen) atoms. The first-order valence-corrected chi connectivity index (χ1v) is 9.21. The second kappa shape index (κ2) is 5.04. The molecule has 3 fully saturated rings. The predicted molar refractivity (Wildman–Crippen MR) is 90.6 cm³/mol. The van der Waals surface area contributed by atoms with E-state index in [1.165, 1.54) is 0 Å². The summed E-state index contributed by atoms with van der Waals surface area (Å²) in [5, 5.41) is 31.6. The number of carbonyl (C=O) groups is 2. The molecule has 5 nitrogen and oxygen atoms in total. The van der Waals surface area contributed by atoms with Crippen molar-refractivity contribution in [2.75, 3.05) is 0 Å². The van der Waals surface area contributed by atoms with E-state index in [4.69, 9.17) is 0 Å². The molecule has 0 aliphatic heterocycles. The molecule has 4 aliphatic rings. The highest BCUT2D eigenvalue weighted by atomic mass is 16.4. The van der Waals surface area contributed by atoms with E-state index in [1.54, 1.807) is 12.2 Å². The maximum atomic E-state index is 11.8. The molecule has 0 amide bonds. The summed E-state index contributed by atoms with van der Waals surface area (Å²) in [6.45, 7) is 3.93. The van der Waals surface area contributed by atoms with E-state index in [2.05, 4.69) is 6.92 Å². The fourth-order valence-electron chi connectivity index (χ4n) is 6.68. The molecule has 7 atom stereocenters. The number of hydrogen-bond donors (Lipinski definition) is 3. The number of aliphatic carboxylic acids is 1. The van der Waals surface area contributed by atoms with Crippen LogP contribution in [0.3, 0.4) is 0 Å². The third-order valence-corrected chi connectivity index (χ3v) is 8.00. The normalized spacial score (nSPS) is 51.4. The molecule has 136 valence electrons. The number of hydrogen-bond acceptors (Lipinski definition) is 4. The van der Waals surface area contributed by atoms with Crippen molar-refractivity contribution in [3.8, 4) is 0 Å². The van der Waals surface area contributed by atoms with Crippen molar-refractivity contribution < 1.29 is 24.9 Å². The van der Waals surface area contributed by atoms with Crippen LogP contribution in [0.4, 0.5) is 0 Å². The number of aliphatic hydroxyl groups is 2. The average molecular weight is 346 g/mol. The van der Waals surface area contributed by atoms with Crippen LogP contribution in [0.2, 0.25) is 0 Å². The Labute approximate surface area is 147 Å². The lowest BCUT2D eigenvalue weighted by Gasteiger charge is -2.59. The van der Waals surface area contributed by atoms with Crippen LogP contribution in [0, 0.1) is 28.6 Å². The molecular formula is C20H26O5. The van der Waals surface area contributed by atoms with Gasteiger partial charge >= 0.3 is 5.97 Å². The van der Waals surface area contributed by atoms with Crippen molar-refractivity contribution in [2.45, 2.75) is 57.7 Å². The SMILES string of the molecule is C[C@]12C=CC(=O)C=C1CCC1C2[C@@H](O)C[C@]2(C)C1CC[C@@]2(O)C(=O)O. The summed E-state index contributed by atoms with van der Waals surface area (Å²) in [7, 11) is 0. The molecule has 0 radical (unpaired) electrons. The van der Waals surface area contributed by atoms with Gasteiger partial charge in [0.05, 0.1) is 6.10 Å². The molecule has 0 spiro atoms. The molecular weight excluding hydrogens is 320 g/mol. The van der Waals surface area contributed by atoms with E-state index in [-0.39, 0.29) is 41.8 Å². The molecule has 4 rings (SSSR count). The minimum absolute atomic E-state index is 0.00202. The smallest absolute Gasteiger partial charge is 0.336 e. The summed E-state index contributed by atoms with van der Waals surface area (Å²) in [5.74, 6) is -0.976. The monoisotopic (exact) mass is 346 g/mol. The van der Waals surface area contributed by atoms with Gasteiger partial charge in [0.1, 0.15) is 0 Å². The van der Waals surface area contributed by atoms with Crippen molar-refractivity contribution in [3.63, 3.8) is 0 Å². The molecule has 0 aromatic carbocycles. The van der Waals surface area contributed by atoms with Gasteiger partial charge in [-0.2, -0.15) is 0 Å². The molecule has 3 saturated carbocycles. The van der Waals surface area contributed by atoms with Crippen LogP contribution in [-0.2, 0) is 9.59 Å². The molecule has 0 bridgehead atoms. The highest BCUT2D eigenvalue weighted by Crippen LogP contribution is 2.66. The van der Waals surface area contributed by atoms with Gasteiger partial charge in [-0.1, -0.05) is 25.5 Å². The molecule has 0 aromatic heterocycles. The molecule has 0 heterocycles. The van der Waals surface area contributed by atoms with Gasteiger partial charge in [0.25, 0.3) is 0 Å². The van der Waals surface area contributed by atoms with E-state index < -0.39 is 23.1 Å². The number of ketones is 1. The van der Waals surface area contributed by atoms with Crippen molar-refractivity contribution >= 4 is 11.8 Å². The lowest BCUT2D eigenvalue weighted by atomic mass is 9.46. The maximum Gasteiger partial charge on any atom is 0.336 e. The minimum atomic E-state index is -1.76. The Morgan fingerprint density at radius 1 is 1.28 bits per heavy atom. The number of allylic oxidation sites excluding steroid dienone is 4. The second-order valence-corrected chi connectivity index (χ2v) is 8.92. The summed E-state index contributed by atoms with van der Waals surface area (Å²) < 4.78 is 0. The third kappa shape index (κ3) is 1.97. The molecule has 0 saturated heterocycles. The largest absolute Gasteiger partial charge is 0.479 e. The van der Waals surface area contributed by atoms with Crippen LogP contribution in [0.5, 0.6) is 0 Å².